The number of rotatable bonds is 3. The van der Waals surface area contributed by atoms with E-state index in [-0.39, 0.29) is 30.3 Å². The highest BCUT2D eigenvalue weighted by Gasteiger charge is 2.37. The second kappa shape index (κ2) is 5.29. The molecule has 0 spiro atoms. The van der Waals surface area contributed by atoms with Crippen molar-refractivity contribution in [2.24, 2.45) is 0 Å². The van der Waals surface area contributed by atoms with Crippen LogP contribution in [-0.2, 0) is 4.79 Å². The van der Waals surface area contributed by atoms with Gasteiger partial charge in [0.05, 0.1) is 11.1 Å². The lowest BCUT2D eigenvalue weighted by atomic mass is 10.1. The summed E-state index contributed by atoms with van der Waals surface area (Å²) in [6, 6.07) is 6.79. The number of nitrogens with zero attached hydrogens (tertiary/aromatic N) is 2. The smallest absolute Gasteiger partial charge is 0.262 e. The van der Waals surface area contributed by atoms with Crippen molar-refractivity contribution in [1.82, 2.24) is 15.1 Å². The first-order valence-electron chi connectivity index (χ1n) is 7.01. The molecule has 110 valence electrons. The fraction of sp³-hybridized carbons (Fsp3) is 0.400. The van der Waals surface area contributed by atoms with Gasteiger partial charge in [-0.3, -0.25) is 19.3 Å². The Morgan fingerprint density at radius 2 is 1.90 bits per heavy atom. The van der Waals surface area contributed by atoms with Crippen molar-refractivity contribution >= 4 is 17.7 Å². The van der Waals surface area contributed by atoms with E-state index in [0.717, 1.165) is 24.4 Å². The predicted octanol–water partition coefficient (Wildman–Crippen LogP) is 0.103. The molecule has 0 radical (unpaired) electrons. The van der Waals surface area contributed by atoms with Crippen molar-refractivity contribution < 1.29 is 14.4 Å². The Hall–Kier alpha value is -2.21. The van der Waals surface area contributed by atoms with Gasteiger partial charge in [0.1, 0.15) is 6.54 Å². The average Bonchev–Trinajstić information content (AvgIpc) is 3.11. The molecule has 1 atom stereocenters. The number of amides is 3. The van der Waals surface area contributed by atoms with Crippen molar-refractivity contribution in [3.05, 3.63) is 35.4 Å². The number of benzene rings is 1. The minimum absolute atomic E-state index is 0.132. The highest BCUT2D eigenvalue weighted by Crippen LogP contribution is 2.22. The van der Waals surface area contributed by atoms with Gasteiger partial charge in [-0.1, -0.05) is 12.1 Å². The second-order valence-corrected chi connectivity index (χ2v) is 5.39. The Morgan fingerprint density at radius 3 is 2.43 bits per heavy atom. The summed E-state index contributed by atoms with van der Waals surface area (Å²) in [5, 5.41) is 3.19. The predicted molar refractivity (Wildman–Crippen MR) is 75.9 cm³/mol. The Labute approximate surface area is 122 Å². The summed E-state index contributed by atoms with van der Waals surface area (Å²) in [7, 11) is 1.72. The maximum atomic E-state index is 12.3. The van der Waals surface area contributed by atoms with Crippen LogP contribution in [0.4, 0.5) is 0 Å². The van der Waals surface area contributed by atoms with E-state index in [1.807, 2.05) is 0 Å². The molecule has 6 heteroatoms. The molecule has 1 unspecified atom stereocenters. The van der Waals surface area contributed by atoms with Crippen LogP contribution in [-0.4, -0.2) is 60.2 Å². The molecule has 3 amide bonds. The maximum Gasteiger partial charge on any atom is 0.262 e. The number of nitrogens with one attached hydrogen (secondary N) is 1. The summed E-state index contributed by atoms with van der Waals surface area (Å²) in [6.45, 7) is 1.44. The highest BCUT2D eigenvalue weighted by molar-refractivity contribution is 6.22. The van der Waals surface area contributed by atoms with E-state index < -0.39 is 0 Å². The van der Waals surface area contributed by atoms with Gasteiger partial charge in [0.2, 0.25) is 5.91 Å². The van der Waals surface area contributed by atoms with Gasteiger partial charge in [-0.05, 0) is 25.1 Å². The second-order valence-electron chi connectivity index (χ2n) is 5.39. The number of likely N-dealkylation sites (N-methyl/N-ethyl adjacent to an activating group) is 1. The zero-order chi connectivity index (χ0) is 15.0. The molecule has 1 aromatic rings. The molecule has 2 aliphatic heterocycles. The van der Waals surface area contributed by atoms with Crippen molar-refractivity contribution in [1.29, 1.82) is 0 Å². The molecule has 0 aromatic heterocycles. The van der Waals surface area contributed by atoms with Crippen LogP contribution < -0.4 is 5.32 Å². The van der Waals surface area contributed by atoms with Crippen molar-refractivity contribution in [2.75, 3.05) is 26.7 Å². The molecule has 0 aliphatic carbocycles. The van der Waals surface area contributed by atoms with E-state index in [1.54, 1.807) is 36.2 Å². The summed E-state index contributed by atoms with van der Waals surface area (Å²) in [5.74, 6) is -0.984. The molecule has 0 bridgehead atoms. The third kappa shape index (κ3) is 2.31. The molecule has 2 heterocycles. The average molecular weight is 287 g/mol. The van der Waals surface area contributed by atoms with Gasteiger partial charge in [0, 0.05) is 19.6 Å². The zero-order valence-corrected chi connectivity index (χ0v) is 11.8. The van der Waals surface area contributed by atoms with E-state index in [9.17, 15) is 14.4 Å². The van der Waals surface area contributed by atoms with Gasteiger partial charge in [-0.2, -0.15) is 0 Å². The summed E-state index contributed by atoms with van der Waals surface area (Å²) in [6.07, 6.45) is 0.893. The van der Waals surface area contributed by atoms with Gasteiger partial charge >= 0.3 is 0 Å². The van der Waals surface area contributed by atoms with Gasteiger partial charge in [-0.15, -0.1) is 0 Å². The van der Waals surface area contributed by atoms with Crippen LogP contribution in [0.5, 0.6) is 0 Å². The van der Waals surface area contributed by atoms with Crippen molar-refractivity contribution in [3.8, 4) is 0 Å². The molecular weight excluding hydrogens is 270 g/mol. The largest absolute Gasteiger partial charge is 0.340 e. The summed E-state index contributed by atoms with van der Waals surface area (Å²) in [4.78, 5) is 39.4. The Morgan fingerprint density at radius 1 is 1.29 bits per heavy atom. The molecule has 1 fully saturated rings. The van der Waals surface area contributed by atoms with E-state index in [2.05, 4.69) is 5.32 Å². The number of imide groups is 1. The number of carbonyl (C=O) groups excluding carboxylic acids is 3. The number of fused-ring (bicyclic) bond motifs is 1. The fourth-order valence-corrected chi connectivity index (χ4v) is 2.80. The van der Waals surface area contributed by atoms with E-state index in [4.69, 9.17) is 0 Å². The Bertz CT molecular complexity index is 573. The lowest BCUT2D eigenvalue weighted by molar-refractivity contribution is -0.131. The number of hydrogen-bond donors (Lipinski definition) is 1. The minimum atomic E-state index is -0.387. The van der Waals surface area contributed by atoms with Gasteiger partial charge < -0.3 is 10.2 Å². The molecule has 0 saturated carbocycles. The lowest BCUT2D eigenvalue weighted by Gasteiger charge is -2.25. The highest BCUT2D eigenvalue weighted by atomic mass is 16.2. The van der Waals surface area contributed by atoms with Gasteiger partial charge in [0.15, 0.2) is 0 Å². The Kier molecular flexibility index (Phi) is 3.47. The maximum absolute atomic E-state index is 12.3. The molecule has 2 aliphatic rings. The first kappa shape index (κ1) is 13.8. The molecule has 1 aromatic carbocycles. The summed E-state index contributed by atoms with van der Waals surface area (Å²) < 4.78 is 0. The van der Waals surface area contributed by atoms with Crippen LogP contribution in [0.15, 0.2) is 24.3 Å². The molecule has 3 rings (SSSR count). The summed E-state index contributed by atoms with van der Waals surface area (Å²) in [5.41, 5.74) is 0.751. The fourth-order valence-electron chi connectivity index (χ4n) is 2.80. The van der Waals surface area contributed by atoms with E-state index in [1.165, 1.54) is 0 Å². The molecule has 21 heavy (non-hydrogen) atoms. The molecular formula is C15H17N3O3. The standard InChI is InChI=1S/C15H17N3O3/c1-17(10-6-7-16-8-10)13(19)9-18-14(20)11-4-2-3-5-12(11)15(18)21/h2-5,10,16H,6-9H2,1H3. The van der Waals surface area contributed by atoms with Crippen LogP contribution in [0.1, 0.15) is 27.1 Å². The Balaban J connectivity index is 1.73. The first-order valence-corrected chi connectivity index (χ1v) is 7.01. The number of hydrogen-bond acceptors (Lipinski definition) is 4. The van der Waals surface area contributed by atoms with Crippen molar-refractivity contribution in [3.63, 3.8) is 0 Å². The van der Waals surface area contributed by atoms with E-state index in [0.29, 0.717) is 11.1 Å². The lowest BCUT2D eigenvalue weighted by Crippen LogP contribution is -2.45. The van der Waals surface area contributed by atoms with Crippen molar-refractivity contribution in [2.45, 2.75) is 12.5 Å². The van der Waals surface area contributed by atoms with Crippen LogP contribution in [0.3, 0.4) is 0 Å². The number of carbonyl (C=O) groups is 3. The van der Waals surface area contributed by atoms with Crippen LogP contribution in [0.25, 0.3) is 0 Å². The zero-order valence-electron chi connectivity index (χ0n) is 11.8. The quantitative estimate of drug-likeness (QED) is 0.801. The monoisotopic (exact) mass is 287 g/mol. The molecule has 6 nitrogen and oxygen atoms in total. The van der Waals surface area contributed by atoms with Gasteiger partial charge in [-0.25, -0.2) is 0 Å². The third-order valence-electron chi connectivity index (χ3n) is 4.15. The minimum Gasteiger partial charge on any atom is -0.340 e. The van der Waals surface area contributed by atoms with E-state index >= 15 is 0 Å². The SMILES string of the molecule is CN(C(=O)CN1C(=O)c2ccccc2C1=O)C1CCNC1. The molecule has 1 saturated heterocycles. The van der Waals surface area contributed by atoms with Crippen LogP contribution >= 0.6 is 0 Å². The summed E-state index contributed by atoms with van der Waals surface area (Å²) >= 11 is 0. The van der Waals surface area contributed by atoms with Gasteiger partial charge in [0.25, 0.3) is 11.8 Å². The first-order chi connectivity index (χ1) is 10.1. The van der Waals surface area contributed by atoms with Crippen LogP contribution in [0.2, 0.25) is 0 Å². The molecule has 1 N–H and O–H groups in total. The normalized spacial score (nSPS) is 20.8. The van der Waals surface area contributed by atoms with Crippen LogP contribution in [0, 0.1) is 0 Å². The topological polar surface area (TPSA) is 69.7 Å². The third-order valence-corrected chi connectivity index (χ3v) is 4.15.